The van der Waals surface area contributed by atoms with Crippen LogP contribution in [0.15, 0.2) is 91.0 Å². The molecule has 2 aliphatic rings. The lowest BCUT2D eigenvalue weighted by molar-refractivity contribution is -0.147. The van der Waals surface area contributed by atoms with Crippen LogP contribution in [0, 0.1) is 5.92 Å². The first kappa shape index (κ1) is 36.7. The van der Waals surface area contributed by atoms with E-state index in [9.17, 15) is 24.3 Å². The van der Waals surface area contributed by atoms with Gasteiger partial charge in [0.05, 0.1) is 18.6 Å². The van der Waals surface area contributed by atoms with Crippen molar-refractivity contribution in [1.82, 2.24) is 16.0 Å². The number of ether oxygens (including phenoxy) is 2. The Hall–Kier alpha value is -4.61. The molecule has 3 amide bonds. The van der Waals surface area contributed by atoms with Crippen LogP contribution in [0.5, 0.6) is 0 Å². The molecule has 3 aromatic rings. The summed E-state index contributed by atoms with van der Waals surface area (Å²) in [4.78, 5) is 52.7. The van der Waals surface area contributed by atoms with Gasteiger partial charge in [0.15, 0.2) is 0 Å². The van der Waals surface area contributed by atoms with Crippen LogP contribution in [-0.4, -0.2) is 72.7 Å². The van der Waals surface area contributed by atoms with Gasteiger partial charge >= 0.3 is 12.1 Å². The van der Waals surface area contributed by atoms with E-state index in [1.165, 1.54) is 0 Å². The first-order valence-corrected chi connectivity index (χ1v) is 18.2. The standard InChI is InChI=1S/C39H45N3O7S/c1-26(21-43)40-36(44)20-28-14-6-3-7-19-35(38(46)48-22-29(41-37(28)45)25-50-24-27-12-4-2-5-13-27)42-39(47)49-23-34-32-17-10-8-15-30(32)31-16-9-11-18-33(31)34/h2-6,8-13,15-18,26,28-29,34-35,43H,7,14,19-25H2,1H3,(H,40,44)(H,41,45)(H,42,47)/t26-,28+,29+,35-/m0/s1. The minimum absolute atomic E-state index is 0.0594. The fourth-order valence-electron chi connectivity index (χ4n) is 6.19. The van der Waals surface area contributed by atoms with Crippen molar-refractivity contribution >= 4 is 35.6 Å². The van der Waals surface area contributed by atoms with Crippen LogP contribution in [0.25, 0.3) is 11.1 Å². The average molecular weight is 700 g/mol. The van der Waals surface area contributed by atoms with E-state index < -0.39 is 36.1 Å². The molecule has 5 rings (SSSR count). The Morgan fingerprint density at radius 3 is 2.36 bits per heavy atom. The van der Waals surface area contributed by atoms with Gasteiger partial charge in [-0.15, -0.1) is 0 Å². The molecule has 0 unspecified atom stereocenters. The van der Waals surface area contributed by atoms with Gasteiger partial charge in [-0.05, 0) is 54.0 Å². The van der Waals surface area contributed by atoms with E-state index in [0.717, 1.165) is 27.8 Å². The normalized spacial score (nSPS) is 20.1. The maximum atomic E-state index is 13.5. The van der Waals surface area contributed by atoms with Crippen LogP contribution in [0.3, 0.4) is 0 Å². The van der Waals surface area contributed by atoms with Gasteiger partial charge in [0.25, 0.3) is 0 Å². The van der Waals surface area contributed by atoms with Gasteiger partial charge in [0.1, 0.15) is 19.3 Å². The topological polar surface area (TPSA) is 143 Å². The number of benzene rings is 3. The molecule has 1 heterocycles. The molecule has 11 heteroatoms. The van der Waals surface area contributed by atoms with Crippen LogP contribution in [0.4, 0.5) is 4.79 Å². The molecule has 0 saturated carbocycles. The van der Waals surface area contributed by atoms with Crippen molar-refractivity contribution in [1.29, 1.82) is 0 Å². The lowest BCUT2D eigenvalue weighted by Crippen LogP contribution is -2.47. The third-order valence-corrected chi connectivity index (χ3v) is 9.99. The summed E-state index contributed by atoms with van der Waals surface area (Å²) in [5.41, 5.74) is 5.54. The number of rotatable bonds is 11. The minimum Gasteiger partial charge on any atom is -0.462 e. The van der Waals surface area contributed by atoms with Crippen molar-refractivity contribution in [2.75, 3.05) is 25.6 Å². The van der Waals surface area contributed by atoms with E-state index in [0.29, 0.717) is 24.3 Å². The molecule has 0 fully saturated rings. The summed E-state index contributed by atoms with van der Waals surface area (Å²) >= 11 is 1.59. The summed E-state index contributed by atoms with van der Waals surface area (Å²) in [6.07, 6.45) is 3.86. The third-order valence-electron chi connectivity index (χ3n) is 8.82. The summed E-state index contributed by atoms with van der Waals surface area (Å²) in [5, 5.41) is 17.8. The fraction of sp³-hybridized carbons (Fsp3) is 0.385. The van der Waals surface area contributed by atoms with Gasteiger partial charge in [-0.2, -0.15) is 11.8 Å². The van der Waals surface area contributed by atoms with E-state index in [4.69, 9.17) is 9.47 Å². The molecule has 0 bridgehead atoms. The number of hydrogen-bond acceptors (Lipinski definition) is 8. The second kappa shape index (κ2) is 18.4. The Morgan fingerprint density at radius 2 is 1.66 bits per heavy atom. The molecular weight excluding hydrogens is 655 g/mol. The number of hydrogen-bond donors (Lipinski definition) is 4. The van der Waals surface area contributed by atoms with Crippen molar-refractivity contribution in [3.63, 3.8) is 0 Å². The number of fused-ring (bicyclic) bond motifs is 3. The zero-order chi connectivity index (χ0) is 35.3. The van der Waals surface area contributed by atoms with Crippen LogP contribution in [-0.2, 0) is 29.6 Å². The van der Waals surface area contributed by atoms with Crippen LogP contribution in [0.1, 0.15) is 55.2 Å². The molecule has 0 aromatic heterocycles. The van der Waals surface area contributed by atoms with Crippen molar-refractivity contribution in [3.05, 3.63) is 108 Å². The molecule has 0 radical (unpaired) electrons. The fourth-order valence-corrected chi connectivity index (χ4v) is 7.20. The van der Waals surface area contributed by atoms with E-state index in [1.54, 1.807) is 18.7 Å². The smallest absolute Gasteiger partial charge is 0.407 e. The lowest BCUT2D eigenvalue weighted by Gasteiger charge is -2.23. The SMILES string of the molecule is C[C@@H](CO)NC(=O)C[C@H]1CC=CCC[C@H](NC(=O)OCC2c3ccccc3-c3ccccc32)C(=O)OC[C@H](CSCc2ccccc2)NC1=O. The minimum atomic E-state index is -0.967. The Kier molecular flexibility index (Phi) is 13.5. The molecule has 0 saturated heterocycles. The highest BCUT2D eigenvalue weighted by Gasteiger charge is 2.31. The molecule has 1 aliphatic carbocycles. The summed E-state index contributed by atoms with van der Waals surface area (Å²) in [6.45, 7) is 1.48. The Balaban J connectivity index is 1.24. The van der Waals surface area contributed by atoms with E-state index in [2.05, 4.69) is 28.1 Å². The third kappa shape index (κ3) is 10.2. The Bertz CT molecular complexity index is 1600. The van der Waals surface area contributed by atoms with E-state index >= 15 is 0 Å². The number of aliphatic hydroxyl groups is 1. The molecule has 4 N–H and O–H groups in total. The van der Waals surface area contributed by atoms with Gasteiger partial charge in [0.2, 0.25) is 11.8 Å². The number of carbonyl (C=O) groups excluding carboxylic acids is 4. The largest absolute Gasteiger partial charge is 0.462 e. The Labute approximate surface area is 297 Å². The second-order valence-electron chi connectivity index (χ2n) is 12.7. The molecule has 0 spiro atoms. The predicted octanol–water partition coefficient (Wildman–Crippen LogP) is 5.10. The first-order chi connectivity index (χ1) is 24.3. The molecule has 10 nitrogen and oxygen atoms in total. The number of cyclic esters (lactones) is 1. The van der Waals surface area contributed by atoms with Crippen molar-refractivity contribution in [3.8, 4) is 11.1 Å². The summed E-state index contributed by atoms with van der Waals surface area (Å²) in [6, 6.07) is 24.1. The maximum absolute atomic E-state index is 13.5. The number of thioether (sulfide) groups is 1. The number of alkyl carbamates (subject to hydrolysis) is 1. The highest BCUT2D eigenvalue weighted by molar-refractivity contribution is 7.98. The highest BCUT2D eigenvalue weighted by atomic mass is 32.2. The molecule has 4 atom stereocenters. The molecule has 3 aromatic carbocycles. The average Bonchev–Trinajstić information content (AvgIpc) is 3.45. The first-order valence-electron chi connectivity index (χ1n) is 17.1. The van der Waals surface area contributed by atoms with Crippen molar-refractivity contribution < 1.29 is 33.8 Å². The number of esters is 1. The van der Waals surface area contributed by atoms with E-state index in [-0.39, 0.29) is 50.4 Å². The van der Waals surface area contributed by atoms with Crippen LogP contribution < -0.4 is 16.0 Å². The quantitative estimate of drug-likeness (QED) is 0.160. The molecule has 1 aliphatic heterocycles. The summed E-state index contributed by atoms with van der Waals surface area (Å²) in [7, 11) is 0. The van der Waals surface area contributed by atoms with Crippen molar-refractivity contribution in [2.24, 2.45) is 5.92 Å². The maximum Gasteiger partial charge on any atom is 0.407 e. The van der Waals surface area contributed by atoms with Gasteiger partial charge in [-0.3, -0.25) is 9.59 Å². The number of carbonyl (C=O) groups is 4. The zero-order valence-electron chi connectivity index (χ0n) is 28.2. The number of nitrogens with one attached hydrogen (secondary N) is 3. The molecule has 264 valence electrons. The van der Waals surface area contributed by atoms with Crippen LogP contribution >= 0.6 is 11.8 Å². The van der Waals surface area contributed by atoms with Crippen molar-refractivity contribution in [2.45, 2.75) is 62.4 Å². The number of amides is 3. The van der Waals surface area contributed by atoms with Gasteiger partial charge < -0.3 is 30.5 Å². The monoisotopic (exact) mass is 699 g/mol. The molecule has 50 heavy (non-hydrogen) atoms. The number of allylic oxidation sites excluding steroid dienone is 2. The summed E-state index contributed by atoms with van der Waals surface area (Å²) in [5.74, 6) is -0.913. The predicted molar refractivity (Wildman–Crippen MR) is 193 cm³/mol. The van der Waals surface area contributed by atoms with Gasteiger partial charge in [0, 0.05) is 29.9 Å². The zero-order valence-corrected chi connectivity index (χ0v) is 29.0. The second-order valence-corrected chi connectivity index (χ2v) is 13.7. The van der Waals surface area contributed by atoms with Crippen LogP contribution in [0.2, 0.25) is 0 Å². The number of aliphatic hydroxyl groups excluding tert-OH is 1. The highest BCUT2D eigenvalue weighted by Crippen LogP contribution is 2.44. The Morgan fingerprint density at radius 1 is 0.980 bits per heavy atom. The van der Waals surface area contributed by atoms with Gasteiger partial charge in [-0.1, -0.05) is 91.0 Å². The van der Waals surface area contributed by atoms with E-state index in [1.807, 2.05) is 78.9 Å². The summed E-state index contributed by atoms with van der Waals surface area (Å²) < 4.78 is 11.4. The molecular formula is C39H45N3O7S. The van der Waals surface area contributed by atoms with Gasteiger partial charge in [-0.25, -0.2) is 9.59 Å². The lowest BCUT2D eigenvalue weighted by atomic mass is 9.98.